The van der Waals surface area contributed by atoms with E-state index in [4.69, 9.17) is 0 Å². The molecule has 0 spiro atoms. The van der Waals surface area contributed by atoms with Crippen LogP contribution in [-0.4, -0.2) is 45.3 Å². The molecule has 1 saturated heterocycles. The van der Waals surface area contributed by atoms with Crippen LogP contribution in [-0.2, 0) is 20.0 Å². The maximum Gasteiger partial charge on any atom is 0.243 e. The number of aryl methyl sites for hydroxylation is 1. The van der Waals surface area contributed by atoms with Crippen molar-refractivity contribution in [3.8, 4) is 0 Å². The second-order valence-corrected chi connectivity index (χ2v) is 11.9. The number of benzene rings is 1. The van der Waals surface area contributed by atoms with Crippen molar-refractivity contribution in [3.63, 3.8) is 0 Å². The van der Waals surface area contributed by atoms with E-state index in [9.17, 15) is 16.8 Å². The summed E-state index contributed by atoms with van der Waals surface area (Å²) in [6, 6.07) is 5.50. The Morgan fingerprint density at radius 1 is 1.00 bits per heavy atom. The lowest BCUT2D eigenvalue weighted by molar-refractivity contribution is 0.319. The van der Waals surface area contributed by atoms with Crippen molar-refractivity contribution >= 4 is 31.4 Å². The number of nitrogens with zero attached hydrogens (tertiary/aromatic N) is 2. The smallest absolute Gasteiger partial charge is 0.243 e. The molecule has 2 heterocycles. The number of hydrogen-bond acceptors (Lipinski definition) is 6. The summed E-state index contributed by atoms with van der Waals surface area (Å²) in [6.45, 7) is 2.84. The highest BCUT2D eigenvalue weighted by Crippen LogP contribution is 2.32. The summed E-state index contributed by atoms with van der Waals surface area (Å²) in [4.78, 5) is 4.74. The second-order valence-electron chi connectivity index (χ2n) is 7.37. The first-order chi connectivity index (χ1) is 13.3. The Labute approximate surface area is 169 Å². The van der Waals surface area contributed by atoms with E-state index < -0.39 is 20.0 Å². The van der Waals surface area contributed by atoms with E-state index in [1.165, 1.54) is 28.6 Å². The summed E-state index contributed by atoms with van der Waals surface area (Å²) in [5.41, 5.74) is 1.00. The second kappa shape index (κ2) is 7.49. The number of sulfonamides is 2. The van der Waals surface area contributed by atoms with Crippen LogP contribution in [0, 0.1) is 6.92 Å². The molecule has 152 valence electrons. The molecule has 1 saturated carbocycles. The summed E-state index contributed by atoms with van der Waals surface area (Å²) < 4.78 is 54.4. The quantitative estimate of drug-likeness (QED) is 0.743. The van der Waals surface area contributed by atoms with Gasteiger partial charge < -0.3 is 0 Å². The topological polar surface area (TPSA) is 96.4 Å². The van der Waals surface area contributed by atoms with Crippen LogP contribution < -0.4 is 4.72 Å². The van der Waals surface area contributed by atoms with Gasteiger partial charge in [0, 0.05) is 36.1 Å². The Kier molecular flexibility index (Phi) is 5.34. The van der Waals surface area contributed by atoms with Crippen molar-refractivity contribution in [2.75, 3.05) is 13.1 Å². The summed E-state index contributed by atoms with van der Waals surface area (Å²) in [7, 11) is -7.22. The zero-order valence-corrected chi connectivity index (χ0v) is 18.0. The van der Waals surface area contributed by atoms with Crippen molar-refractivity contribution in [3.05, 3.63) is 40.3 Å². The zero-order valence-electron chi connectivity index (χ0n) is 15.5. The molecule has 2 fully saturated rings. The molecule has 0 atom stereocenters. The largest absolute Gasteiger partial charge is 0.246 e. The minimum Gasteiger partial charge on any atom is -0.246 e. The highest BCUT2D eigenvalue weighted by atomic mass is 32.2. The van der Waals surface area contributed by atoms with Gasteiger partial charge in [0.15, 0.2) is 0 Å². The van der Waals surface area contributed by atoms with Crippen LogP contribution in [0.3, 0.4) is 0 Å². The Morgan fingerprint density at radius 2 is 1.61 bits per heavy atom. The molecule has 1 aliphatic carbocycles. The van der Waals surface area contributed by atoms with E-state index in [0.29, 0.717) is 19.0 Å². The molecule has 10 heteroatoms. The monoisotopic (exact) mass is 441 g/mol. The van der Waals surface area contributed by atoms with Crippen molar-refractivity contribution in [1.29, 1.82) is 0 Å². The molecule has 7 nitrogen and oxygen atoms in total. The third-order valence-corrected chi connectivity index (χ3v) is 9.69. The Bertz CT molecular complexity index is 1050. The van der Waals surface area contributed by atoms with Crippen LogP contribution >= 0.6 is 11.3 Å². The van der Waals surface area contributed by atoms with Gasteiger partial charge in [-0.05, 0) is 56.9 Å². The fourth-order valence-electron chi connectivity index (χ4n) is 3.33. The molecule has 28 heavy (non-hydrogen) atoms. The Morgan fingerprint density at radius 3 is 2.14 bits per heavy atom. The molecule has 0 radical (unpaired) electrons. The van der Waals surface area contributed by atoms with E-state index in [2.05, 4.69) is 9.71 Å². The van der Waals surface area contributed by atoms with E-state index >= 15 is 0 Å². The third kappa shape index (κ3) is 4.16. The SMILES string of the molecule is Cc1csc(C2CCN(S(=O)(=O)c3ccc(S(=O)(=O)NC4CC4)cc3)CC2)n1. The minimum absolute atomic E-state index is 0.0105. The number of thiazole rings is 1. The van der Waals surface area contributed by atoms with Crippen LogP contribution in [0.5, 0.6) is 0 Å². The lowest BCUT2D eigenvalue weighted by Crippen LogP contribution is -2.37. The van der Waals surface area contributed by atoms with Crippen LogP contribution in [0.4, 0.5) is 0 Å². The third-order valence-electron chi connectivity index (χ3n) is 5.11. The summed E-state index contributed by atoms with van der Waals surface area (Å²) >= 11 is 1.63. The van der Waals surface area contributed by atoms with Crippen molar-refractivity contribution in [2.24, 2.45) is 0 Å². The van der Waals surface area contributed by atoms with E-state index in [0.717, 1.165) is 36.4 Å². The Hall–Kier alpha value is -1.33. The molecule has 2 aliphatic rings. The highest BCUT2D eigenvalue weighted by molar-refractivity contribution is 7.89. The number of aromatic nitrogens is 1. The predicted octanol–water partition coefficient (Wildman–Crippen LogP) is 2.46. The first-order valence-electron chi connectivity index (χ1n) is 9.30. The summed E-state index contributed by atoms with van der Waals surface area (Å²) in [5, 5.41) is 3.10. The number of hydrogen-bond donors (Lipinski definition) is 1. The van der Waals surface area contributed by atoms with E-state index in [1.54, 1.807) is 11.3 Å². The molecule has 1 aromatic carbocycles. The molecule has 1 aromatic heterocycles. The number of nitrogens with one attached hydrogen (secondary N) is 1. The maximum absolute atomic E-state index is 12.9. The van der Waals surface area contributed by atoms with Gasteiger partial charge in [-0.25, -0.2) is 26.5 Å². The average molecular weight is 442 g/mol. The van der Waals surface area contributed by atoms with Crippen LogP contribution in [0.15, 0.2) is 39.4 Å². The molecule has 0 amide bonds. The van der Waals surface area contributed by atoms with Crippen molar-refractivity contribution in [1.82, 2.24) is 14.0 Å². The highest BCUT2D eigenvalue weighted by Gasteiger charge is 2.32. The summed E-state index contributed by atoms with van der Waals surface area (Å²) in [6.07, 6.45) is 3.18. The molecular formula is C18H23N3O4S3. The first-order valence-corrected chi connectivity index (χ1v) is 13.1. The fraction of sp³-hybridized carbons (Fsp3) is 0.500. The zero-order chi connectivity index (χ0) is 19.9. The number of piperidine rings is 1. The molecule has 4 rings (SSSR count). The van der Waals surface area contributed by atoms with Crippen molar-refractivity contribution in [2.45, 2.75) is 54.4 Å². The normalized spacial score (nSPS) is 19.8. The fourth-order valence-corrected chi connectivity index (χ4v) is 7.07. The van der Waals surface area contributed by atoms with Crippen molar-refractivity contribution < 1.29 is 16.8 Å². The standard InChI is InChI=1S/C18H23N3O4S3/c1-13-12-26-18(19-13)14-8-10-21(11-9-14)28(24,25)17-6-4-16(5-7-17)27(22,23)20-15-2-3-15/h4-7,12,14-15,20H,2-3,8-11H2,1H3. The molecule has 0 unspecified atom stereocenters. The molecule has 1 N–H and O–H groups in total. The Balaban J connectivity index is 1.45. The summed E-state index contributed by atoms with van der Waals surface area (Å²) in [5.74, 6) is 0.297. The van der Waals surface area contributed by atoms with Gasteiger partial charge in [0.2, 0.25) is 20.0 Å². The molecule has 1 aliphatic heterocycles. The van der Waals surface area contributed by atoms with E-state index in [1.807, 2.05) is 12.3 Å². The predicted molar refractivity (Wildman–Crippen MR) is 107 cm³/mol. The first kappa shape index (κ1) is 20.0. The van der Waals surface area contributed by atoms with Gasteiger partial charge in [-0.2, -0.15) is 4.31 Å². The number of rotatable bonds is 6. The average Bonchev–Trinajstić information content (AvgIpc) is 3.37. The van der Waals surface area contributed by atoms with Gasteiger partial charge in [-0.3, -0.25) is 0 Å². The molecule has 0 bridgehead atoms. The lowest BCUT2D eigenvalue weighted by Gasteiger charge is -2.30. The van der Waals surface area contributed by atoms with Crippen LogP contribution in [0.25, 0.3) is 0 Å². The van der Waals surface area contributed by atoms with Crippen LogP contribution in [0.2, 0.25) is 0 Å². The minimum atomic E-state index is -3.63. The van der Waals surface area contributed by atoms with Gasteiger partial charge in [0.25, 0.3) is 0 Å². The van der Waals surface area contributed by atoms with E-state index in [-0.39, 0.29) is 15.8 Å². The van der Waals surface area contributed by atoms with Crippen LogP contribution in [0.1, 0.15) is 42.3 Å². The van der Waals surface area contributed by atoms with Gasteiger partial charge in [0.1, 0.15) is 0 Å². The van der Waals surface area contributed by atoms with Gasteiger partial charge in [-0.1, -0.05) is 0 Å². The maximum atomic E-state index is 12.9. The van der Waals surface area contributed by atoms with Gasteiger partial charge >= 0.3 is 0 Å². The lowest BCUT2D eigenvalue weighted by atomic mass is 9.99. The molecule has 2 aromatic rings. The molecular weight excluding hydrogens is 418 g/mol. The van der Waals surface area contributed by atoms with Gasteiger partial charge in [0.05, 0.1) is 14.8 Å². The van der Waals surface area contributed by atoms with Gasteiger partial charge in [-0.15, -0.1) is 11.3 Å².